The number of hydrogen-bond acceptors (Lipinski definition) is 2. The van der Waals surface area contributed by atoms with E-state index in [2.05, 4.69) is 10.4 Å². The van der Waals surface area contributed by atoms with E-state index in [0.717, 1.165) is 41.3 Å². The van der Waals surface area contributed by atoms with Crippen LogP contribution in [0.5, 0.6) is 0 Å². The van der Waals surface area contributed by atoms with Crippen molar-refractivity contribution in [3.8, 4) is 5.69 Å². The number of benzene rings is 2. The molecule has 0 radical (unpaired) electrons. The lowest BCUT2D eigenvalue weighted by Crippen LogP contribution is -2.18. The van der Waals surface area contributed by atoms with Gasteiger partial charge in [-0.25, -0.2) is 13.5 Å². The minimum absolute atomic E-state index is 0.0189. The number of para-hydroxylation sites is 1. The van der Waals surface area contributed by atoms with E-state index in [1.54, 1.807) is 0 Å². The Morgan fingerprint density at radius 3 is 2.31 bits per heavy atom. The van der Waals surface area contributed by atoms with Crippen molar-refractivity contribution in [2.24, 2.45) is 0 Å². The molecule has 0 bridgehead atoms. The minimum Gasteiger partial charge on any atom is -0.319 e. The predicted octanol–water partition coefficient (Wildman–Crippen LogP) is 4.42. The van der Waals surface area contributed by atoms with Gasteiger partial charge in [-0.1, -0.05) is 18.2 Å². The average molecular weight is 367 g/mol. The number of nitrogens with zero attached hydrogens (tertiary/aromatic N) is 2. The van der Waals surface area contributed by atoms with E-state index in [1.165, 1.54) is 18.2 Å². The first-order chi connectivity index (χ1) is 12.3. The van der Waals surface area contributed by atoms with Gasteiger partial charge in [-0.2, -0.15) is 18.3 Å². The van der Waals surface area contributed by atoms with E-state index >= 15 is 0 Å². The fourth-order valence-corrected chi connectivity index (χ4v) is 2.34. The molecular weight excluding hydrogens is 357 g/mol. The number of nitrogens with one attached hydrogen (secondary N) is 1. The quantitative estimate of drug-likeness (QED) is 0.697. The van der Waals surface area contributed by atoms with Gasteiger partial charge in [-0.15, -0.1) is 0 Å². The van der Waals surface area contributed by atoms with E-state index in [-0.39, 0.29) is 5.69 Å². The summed E-state index contributed by atoms with van der Waals surface area (Å²) in [4.78, 5) is 12.2. The Kier molecular flexibility index (Phi) is 4.45. The van der Waals surface area contributed by atoms with Crippen molar-refractivity contribution < 1.29 is 26.7 Å². The first-order valence-electron chi connectivity index (χ1n) is 7.24. The molecule has 3 rings (SSSR count). The molecule has 0 saturated carbocycles. The maximum atomic E-state index is 13.7. The summed E-state index contributed by atoms with van der Waals surface area (Å²) in [5, 5.41) is 5.96. The highest BCUT2D eigenvalue weighted by Crippen LogP contribution is 2.32. The van der Waals surface area contributed by atoms with Crippen molar-refractivity contribution in [2.75, 3.05) is 5.32 Å². The number of carbonyl (C=O) groups is 1. The lowest BCUT2D eigenvalue weighted by atomic mass is 10.1. The largest absolute Gasteiger partial charge is 0.417 e. The molecule has 0 fully saturated rings. The molecule has 4 nitrogen and oxygen atoms in total. The molecule has 0 aliphatic heterocycles. The molecule has 0 aliphatic carbocycles. The Labute approximate surface area is 143 Å². The Balaban J connectivity index is 1.88. The molecule has 0 saturated heterocycles. The molecule has 1 N–H and O–H groups in total. The number of amides is 1. The van der Waals surface area contributed by atoms with E-state index in [9.17, 15) is 26.7 Å². The van der Waals surface area contributed by atoms with E-state index in [1.807, 2.05) is 0 Å². The van der Waals surface area contributed by atoms with Crippen LogP contribution >= 0.6 is 0 Å². The lowest BCUT2D eigenvalue weighted by Gasteiger charge is -2.11. The second-order valence-corrected chi connectivity index (χ2v) is 5.24. The summed E-state index contributed by atoms with van der Waals surface area (Å²) in [5.41, 5.74) is -2.16. The van der Waals surface area contributed by atoms with E-state index in [0.29, 0.717) is 0 Å². The van der Waals surface area contributed by atoms with Gasteiger partial charge in [0.2, 0.25) is 0 Å². The summed E-state index contributed by atoms with van der Waals surface area (Å²) in [6.45, 7) is 0. The third-order valence-electron chi connectivity index (χ3n) is 3.48. The highest BCUT2D eigenvalue weighted by molar-refractivity contribution is 6.05. The number of alkyl halides is 3. The number of halogens is 5. The normalized spacial score (nSPS) is 11.4. The monoisotopic (exact) mass is 367 g/mol. The zero-order valence-corrected chi connectivity index (χ0v) is 12.9. The highest BCUT2D eigenvalue weighted by atomic mass is 19.4. The van der Waals surface area contributed by atoms with E-state index in [4.69, 9.17) is 0 Å². The van der Waals surface area contributed by atoms with Crippen LogP contribution < -0.4 is 5.32 Å². The van der Waals surface area contributed by atoms with Gasteiger partial charge in [0.05, 0.1) is 29.2 Å². The second kappa shape index (κ2) is 6.58. The molecule has 2 aromatic carbocycles. The summed E-state index contributed by atoms with van der Waals surface area (Å²) >= 11 is 0. The molecule has 9 heteroatoms. The topological polar surface area (TPSA) is 46.9 Å². The Hall–Kier alpha value is -3.23. The summed E-state index contributed by atoms with van der Waals surface area (Å²) in [6, 6.07) is 7.50. The van der Waals surface area contributed by atoms with Crippen molar-refractivity contribution in [3.05, 3.63) is 77.6 Å². The van der Waals surface area contributed by atoms with Crippen LogP contribution in [0.1, 0.15) is 15.9 Å². The molecule has 1 aromatic heterocycles. The van der Waals surface area contributed by atoms with Crippen molar-refractivity contribution in [2.45, 2.75) is 6.18 Å². The number of aromatic nitrogens is 2. The van der Waals surface area contributed by atoms with Crippen molar-refractivity contribution >= 4 is 11.6 Å². The van der Waals surface area contributed by atoms with Crippen LogP contribution in [-0.4, -0.2) is 15.7 Å². The van der Waals surface area contributed by atoms with Crippen LogP contribution in [0.15, 0.2) is 54.9 Å². The average Bonchev–Trinajstić information content (AvgIpc) is 3.02. The lowest BCUT2D eigenvalue weighted by molar-refractivity contribution is -0.137. The molecule has 0 atom stereocenters. The fraction of sp³-hybridized carbons (Fsp3) is 0.0588. The Bertz CT molecular complexity index is 945. The number of hydrogen-bond donors (Lipinski definition) is 1. The van der Waals surface area contributed by atoms with Gasteiger partial charge >= 0.3 is 6.18 Å². The molecule has 1 amide bonds. The fourth-order valence-electron chi connectivity index (χ4n) is 2.34. The number of rotatable bonds is 3. The summed E-state index contributed by atoms with van der Waals surface area (Å²) < 4.78 is 67.3. The van der Waals surface area contributed by atoms with Crippen LogP contribution in [0.25, 0.3) is 5.69 Å². The van der Waals surface area contributed by atoms with Crippen LogP contribution in [-0.2, 0) is 6.18 Å². The van der Waals surface area contributed by atoms with Gasteiger partial charge in [0.15, 0.2) is 11.6 Å². The molecule has 0 aliphatic rings. The zero-order chi connectivity index (χ0) is 18.9. The van der Waals surface area contributed by atoms with Crippen molar-refractivity contribution in [1.29, 1.82) is 0 Å². The Morgan fingerprint density at radius 1 is 1.00 bits per heavy atom. The molecule has 0 unspecified atom stereocenters. The third kappa shape index (κ3) is 3.41. The number of carbonyl (C=O) groups excluding carboxylic acids is 1. The van der Waals surface area contributed by atoms with Gasteiger partial charge in [0.1, 0.15) is 5.69 Å². The molecule has 134 valence electrons. The summed E-state index contributed by atoms with van der Waals surface area (Å²) in [7, 11) is 0. The van der Waals surface area contributed by atoms with Crippen LogP contribution in [0, 0.1) is 11.6 Å². The second-order valence-electron chi connectivity index (χ2n) is 5.24. The SMILES string of the molecule is O=C(Nc1cnn(-c2c(F)cccc2F)c1)c1ccccc1C(F)(F)F. The molecule has 1 heterocycles. The molecule has 0 spiro atoms. The van der Waals surface area contributed by atoms with Crippen LogP contribution in [0.2, 0.25) is 0 Å². The zero-order valence-electron chi connectivity index (χ0n) is 12.9. The van der Waals surface area contributed by atoms with Crippen molar-refractivity contribution in [1.82, 2.24) is 9.78 Å². The Morgan fingerprint density at radius 2 is 1.65 bits per heavy atom. The smallest absolute Gasteiger partial charge is 0.319 e. The van der Waals surface area contributed by atoms with Gasteiger partial charge < -0.3 is 5.32 Å². The van der Waals surface area contributed by atoms with Gasteiger partial charge in [-0.05, 0) is 24.3 Å². The van der Waals surface area contributed by atoms with E-state index < -0.39 is 40.5 Å². The molecule has 26 heavy (non-hydrogen) atoms. The molecular formula is C17H10F5N3O. The first-order valence-corrected chi connectivity index (χ1v) is 7.24. The highest BCUT2D eigenvalue weighted by Gasteiger charge is 2.34. The summed E-state index contributed by atoms with van der Waals surface area (Å²) in [6.07, 6.45) is -2.54. The number of anilines is 1. The third-order valence-corrected chi connectivity index (χ3v) is 3.48. The van der Waals surface area contributed by atoms with Crippen molar-refractivity contribution in [3.63, 3.8) is 0 Å². The van der Waals surface area contributed by atoms with Gasteiger partial charge in [0.25, 0.3) is 5.91 Å². The van der Waals surface area contributed by atoms with Crippen LogP contribution in [0.3, 0.4) is 0 Å². The van der Waals surface area contributed by atoms with Gasteiger partial charge in [0, 0.05) is 0 Å². The maximum Gasteiger partial charge on any atom is 0.417 e. The minimum atomic E-state index is -4.70. The molecule has 3 aromatic rings. The van der Waals surface area contributed by atoms with Gasteiger partial charge in [-0.3, -0.25) is 4.79 Å². The van der Waals surface area contributed by atoms with Crippen LogP contribution in [0.4, 0.5) is 27.6 Å². The maximum absolute atomic E-state index is 13.7. The standard InChI is InChI=1S/C17H10F5N3O/c18-13-6-3-7-14(19)15(13)25-9-10(8-23-25)24-16(26)11-4-1-2-5-12(11)17(20,21)22/h1-9H,(H,24,26). The summed E-state index contributed by atoms with van der Waals surface area (Å²) in [5.74, 6) is -2.78. The predicted molar refractivity (Wildman–Crippen MR) is 82.9 cm³/mol. The first kappa shape index (κ1) is 17.6.